The van der Waals surface area contributed by atoms with Gasteiger partial charge >= 0.3 is 0 Å². The summed E-state index contributed by atoms with van der Waals surface area (Å²) >= 11 is 1.54. The van der Waals surface area contributed by atoms with Crippen LogP contribution in [0.1, 0.15) is 22.3 Å². The van der Waals surface area contributed by atoms with Gasteiger partial charge in [-0.05, 0) is 19.9 Å². The molecule has 5 nitrogen and oxygen atoms in total. The lowest BCUT2D eigenvalue weighted by Crippen LogP contribution is -2.52. The van der Waals surface area contributed by atoms with E-state index in [0.29, 0.717) is 0 Å². The Kier molecular flexibility index (Phi) is 4.36. The Morgan fingerprint density at radius 2 is 2.30 bits per heavy atom. The summed E-state index contributed by atoms with van der Waals surface area (Å²) < 4.78 is 1.85. The van der Waals surface area contributed by atoms with Crippen LogP contribution in [0.15, 0.2) is 6.07 Å². The van der Waals surface area contributed by atoms with Gasteiger partial charge in [-0.25, -0.2) is 0 Å². The second-order valence-corrected chi connectivity index (χ2v) is 6.12. The van der Waals surface area contributed by atoms with E-state index in [0.717, 1.165) is 40.4 Å². The van der Waals surface area contributed by atoms with Crippen LogP contribution in [0.2, 0.25) is 0 Å². The van der Waals surface area contributed by atoms with Crippen molar-refractivity contribution < 1.29 is 4.79 Å². The van der Waals surface area contributed by atoms with Gasteiger partial charge in [0.15, 0.2) is 0 Å². The average molecular weight is 315 g/mol. The summed E-state index contributed by atoms with van der Waals surface area (Å²) in [6.07, 6.45) is 0. The van der Waals surface area contributed by atoms with Crippen molar-refractivity contribution in [2.75, 3.05) is 19.6 Å². The van der Waals surface area contributed by atoms with Crippen LogP contribution in [0.25, 0.3) is 10.2 Å². The number of fused-ring (bicyclic) bond motifs is 1. The van der Waals surface area contributed by atoms with Crippen LogP contribution >= 0.6 is 23.7 Å². The van der Waals surface area contributed by atoms with Gasteiger partial charge in [0, 0.05) is 38.1 Å². The summed E-state index contributed by atoms with van der Waals surface area (Å²) in [5.74, 6) is 0.148. The minimum absolute atomic E-state index is 0. The molecule has 7 heteroatoms. The minimum atomic E-state index is 0. The molecule has 1 saturated heterocycles. The van der Waals surface area contributed by atoms with Gasteiger partial charge in [-0.3, -0.25) is 9.48 Å². The number of hydrogen-bond donors (Lipinski definition) is 1. The number of piperazine rings is 1. The number of nitrogens with one attached hydrogen (secondary N) is 1. The highest BCUT2D eigenvalue weighted by atomic mass is 35.5. The molecule has 0 saturated carbocycles. The molecule has 1 atom stereocenters. The third kappa shape index (κ3) is 2.43. The number of rotatable bonds is 1. The lowest BCUT2D eigenvalue weighted by molar-refractivity contribution is 0.0661. The van der Waals surface area contributed by atoms with E-state index in [9.17, 15) is 4.79 Å². The fraction of sp³-hybridized carbons (Fsp3) is 0.538. The van der Waals surface area contributed by atoms with Gasteiger partial charge < -0.3 is 10.2 Å². The van der Waals surface area contributed by atoms with Crippen LogP contribution in [-0.2, 0) is 7.05 Å². The van der Waals surface area contributed by atoms with Crippen molar-refractivity contribution in [1.29, 1.82) is 0 Å². The number of carbonyl (C=O) groups is 1. The Hall–Kier alpha value is -1.11. The van der Waals surface area contributed by atoms with E-state index in [2.05, 4.69) is 17.3 Å². The maximum Gasteiger partial charge on any atom is 0.264 e. The molecule has 0 spiro atoms. The number of nitrogens with zero attached hydrogens (tertiary/aromatic N) is 3. The zero-order valence-corrected chi connectivity index (χ0v) is 13.5. The van der Waals surface area contributed by atoms with Crippen LogP contribution in [0.4, 0.5) is 0 Å². The maximum atomic E-state index is 12.6. The molecule has 1 aliphatic heterocycles. The number of thiophene rings is 1. The Balaban J connectivity index is 0.00000147. The summed E-state index contributed by atoms with van der Waals surface area (Å²) in [7, 11) is 1.92. The van der Waals surface area contributed by atoms with Gasteiger partial charge in [-0.1, -0.05) is 0 Å². The quantitative estimate of drug-likeness (QED) is 0.873. The molecule has 3 heterocycles. The normalized spacial score (nSPS) is 19.1. The molecule has 3 rings (SSSR count). The predicted octanol–water partition coefficient (Wildman–Crippen LogP) is 1.80. The number of halogens is 1. The van der Waals surface area contributed by atoms with E-state index in [1.165, 1.54) is 11.3 Å². The van der Waals surface area contributed by atoms with Crippen molar-refractivity contribution in [2.45, 2.75) is 19.9 Å². The number of aryl methyl sites for hydroxylation is 2. The summed E-state index contributed by atoms with van der Waals surface area (Å²) in [6.45, 7) is 6.60. The van der Waals surface area contributed by atoms with Crippen molar-refractivity contribution in [3.8, 4) is 0 Å². The van der Waals surface area contributed by atoms with E-state index >= 15 is 0 Å². The van der Waals surface area contributed by atoms with Gasteiger partial charge in [-0.15, -0.1) is 23.7 Å². The predicted molar refractivity (Wildman–Crippen MR) is 83.9 cm³/mol. The van der Waals surface area contributed by atoms with Crippen LogP contribution in [0, 0.1) is 6.92 Å². The lowest BCUT2D eigenvalue weighted by Gasteiger charge is -2.33. The zero-order valence-electron chi connectivity index (χ0n) is 11.8. The standard InChI is InChI=1S/C13H18N4OS.ClH/c1-8-7-14-4-5-17(8)12(18)11-6-10-9(2)15-16(3)13(10)19-11;/h6,8,14H,4-5,7H2,1-3H3;1H/t8-;/m0./s1. The SMILES string of the molecule is Cc1nn(C)c2sc(C(=O)N3CCNC[C@@H]3C)cc12.Cl. The summed E-state index contributed by atoms with van der Waals surface area (Å²) in [5, 5.41) is 8.77. The molecular weight excluding hydrogens is 296 g/mol. The largest absolute Gasteiger partial charge is 0.333 e. The highest BCUT2D eigenvalue weighted by molar-refractivity contribution is 7.20. The Morgan fingerprint density at radius 3 is 2.95 bits per heavy atom. The molecule has 0 radical (unpaired) electrons. The van der Waals surface area contributed by atoms with Crippen molar-refractivity contribution >= 4 is 39.9 Å². The summed E-state index contributed by atoms with van der Waals surface area (Å²) in [6, 6.07) is 2.24. The molecule has 0 unspecified atom stereocenters. The Labute approximate surface area is 128 Å². The second-order valence-electron chi connectivity index (χ2n) is 5.09. The lowest BCUT2D eigenvalue weighted by atomic mass is 10.2. The molecule has 0 bridgehead atoms. The molecule has 1 fully saturated rings. The van der Waals surface area contributed by atoms with E-state index < -0.39 is 0 Å². The smallest absolute Gasteiger partial charge is 0.264 e. The maximum absolute atomic E-state index is 12.6. The van der Waals surface area contributed by atoms with Crippen LogP contribution < -0.4 is 5.32 Å². The molecule has 2 aromatic rings. The Morgan fingerprint density at radius 1 is 1.55 bits per heavy atom. The number of amides is 1. The van der Waals surface area contributed by atoms with Crippen molar-refractivity contribution in [2.24, 2.45) is 7.05 Å². The van der Waals surface area contributed by atoms with E-state index in [1.54, 1.807) is 0 Å². The fourth-order valence-corrected chi connectivity index (χ4v) is 3.67. The monoisotopic (exact) mass is 314 g/mol. The average Bonchev–Trinajstić information content (AvgIpc) is 2.92. The molecule has 1 aliphatic rings. The van der Waals surface area contributed by atoms with Crippen LogP contribution in [0.3, 0.4) is 0 Å². The zero-order chi connectivity index (χ0) is 13.6. The molecule has 0 aliphatic carbocycles. The van der Waals surface area contributed by atoms with E-state index in [-0.39, 0.29) is 24.4 Å². The first-order valence-corrected chi connectivity index (χ1v) is 7.34. The van der Waals surface area contributed by atoms with Gasteiger partial charge in [0.2, 0.25) is 0 Å². The van der Waals surface area contributed by atoms with Gasteiger partial charge in [0.1, 0.15) is 4.83 Å². The second kappa shape index (κ2) is 5.71. The summed E-state index contributed by atoms with van der Waals surface area (Å²) in [4.78, 5) is 16.4. The van der Waals surface area contributed by atoms with E-state index in [4.69, 9.17) is 0 Å². The third-order valence-electron chi connectivity index (χ3n) is 3.67. The first-order chi connectivity index (χ1) is 9.08. The van der Waals surface area contributed by atoms with Crippen LogP contribution in [0.5, 0.6) is 0 Å². The fourth-order valence-electron chi connectivity index (χ4n) is 2.59. The number of aromatic nitrogens is 2. The first kappa shape index (κ1) is 15.3. The molecule has 1 N–H and O–H groups in total. The molecule has 2 aromatic heterocycles. The first-order valence-electron chi connectivity index (χ1n) is 6.52. The molecule has 110 valence electrons. The molecule has 20 heavy (non-hydrogen) atoms. The van der Waals surface area contributed by atoms with Gasteiger partial charge in [0.05, 0.1) is 10.6 Å². The van der Waals surface area contributed by atoms with Gasteiger partial charge in [-0.2, -0.15) is 5.10 Å². The van der Waals surface area contributed by atoms with E-state index in [1.807, 2.05) is 29.6 Å². The van der Waals surface area contributed by atoms with Crippen LogP contribution in [-0.4, -0.2) is 46.3 Å². The number of carbonyl (C=O) groups excluding carboxylic acids is 1. The molecule has 0 aromatic carbocycles. The summed E-state index contributed by atoms with van der Waals surface area (Å²) in [5.41, 5.74) is 0.987. The molecule has 1 amide bonds. The number of hydrogen-bond acceptors (Lipinski definition) is 4. The van der Waals surface area contributed by atoms with Crippen molar-refractivity contribution in [1.82, 2.24) is 20.0 Å². The molecular formula is C13H19ClN4OS. The minimum Gasteiger partial charge on any atom is -0.333 e. The highest BCUT2D eigenvalue weighted by Gasteiger charge is 2.26. The van der Waals surface area contributed by atoms with Crippen molar-refractivity contribution in [3.63, 3.8) is 0 Å². The Bertz CT molecular complexity index is 601. The third-order valence-corrected chi connectivity index (χ3v) is 4.86. The van der Waals surface area contributed by atoms with Crippen molar-refractivity contribution in [3.05, 3.63) is 16.6 Å². The van der Waals surface area contributed by atoms with Gasteiger partial charge in [0.25, 0.3) is 5.91 Å². The highest BCUT2D eigenvalue weighted by Crippen LogP contribution is 2.29. The topological polar surface area (TPSA) is 50.2 Å².